The zero-order valence-electron chi connectivity index (χ0n) is 16.8. The van der Waals surface area contributed by atoms with Crippen molar-refractivity contribution < 1.29 is 19.7 Å². The van der Waals surface area contributed by atoms with Gasteiger partial charge in [0.2, 0.25) is 0 Å². The minimum Gasteiger partial charge on any atom is -0.507 e. The Morgan fingerprint density at radius 3 is 2.74 bits per heavy atom. The van der Waals surface area contributed by atoms with Crippen molar-refractivity contribution in [2.75, 3.05) is 6.61 Å². The Morgan fingerprint density at radius 1 is 1.30 bits per heavy atom. The number of carbonyl (C=O) groups excluding carboxylic acids is 1. The Morgan fingerprint density at radius 2 is 2.07 bits per heavy atom. The molecule has 1 unspecified atom stereocenters. The number of hydrogen-bond acceptors (Lipinski definition) is 4. The van der Waals surface area contributed by atoms with Crippen molar-refractivity contribution in [2.45, 2.75) is 78.2 Å². The van der Waals surface area contributed by atoms with Gasteiger partial charge in [0, 0.05) is 17.0 Å². The van der Waals surface area contributed by atoms with Gasteiger partial charge < -0.3 is 20.3 Å². The van der Waals surface area contributed by atoms with Crippen LogP contribution in [0.2, 0.25) is 0 Å². The second kappa shape index (κ2) is 10.2. The van der Waals surface area contributed by atoms with Crippen molar-refractivity contribution in [1.82, 2.24) is 5.32 Å². The lowest BCUT2D eigenvalue weighted by molar-refractivity contribution is 0.151. The zero-order valence-corrected chi connectivity index (χ0v) is 16.8. The zero-order chi connectivity index (χ0) is 19.8. The lowest BCUT2D eigenvalue weighted by atomic mass is 9.83. The van der Waals surface area contributed by atoms with E-state index in [1.54, 1.807) is 13.0 Å². The van der Waals surface area contributed by atoms with Gasteiger partial charge in [-0.05, 0) is 57.6 Å². The molecule has 150 valence electrons. The molecular weight excluding hydrogens is 342 g/mol. The van der Waals surface area contributed by atoms with E-state index >= 15 is 0 Å². The predicted octanol–water partition coefficient (Wildman–Crippen LogP) is 5.29. The van der Waals surface area contributed by atoms with Gasteiger partial charge in [-0.2, -0.15) is 0 Å². The lowest BCUT2D eigenvalue weighted by Crippen LogP contribution is -2.24. The third kappa shape index (κ3) is 5.65. The van der Waals surface area contributed by atoms with Crippen LogP contribution in [0.15, 0.2) is 17.7 Å². The molecule has 0 bridgehead atoms. The monoisotopic (exact) mass is 375 g/mol. The van der Waals surface area contributed by atoms with Gasteiger partial charge in [-0.3, -0.25) is 0 Å². The van der Waals surface area contributed by atoms with Gasteiger partial charge in [-0.15, -0.1) is 0 Å². The number of aryl methyl sites for hydroxylation is 1. The molecule has 0 heterocycles. The molecule has 5 heteroatoms. The molecule has 0 spiro atoms. The molecule has 0 radical (unpaired) electrons. The molecule has 1 aromatic carbocycles. The number of unbranched alkanes of at least 4 members (excludes halogenated alkanes) is 2. The van der Waals surface area contributed by atoms with Crippen LogP contribution in [0.3, 0.4) is 0 Å². The number of benzene rings is 1. The highest BCUT2D eigenvalue weighted by molar-refractivity contribution is 5.67. The molecule has 1 aliphatic rings. The lowest BCUT2D eigenvalue weighted by Gasteiger charge is -2.24. The Balaban J connectivity index is 2.36. The summed E-state index contributed by atoms with van der Waals surface area (Å²) in [5.74, 6) is 0.258. The molecule has 0 fully saturated rings. The van der Waals surface area contributed by atoms with Crippen LogP contribution in [-0.4, -0.2) is 22.9 Å². The van der Waals surface area contributed by atoms with Crippen LogP contribution in [0, 0.1) is 0 Å². The van der Waals surface area contributed by atoms with Crippen molar-refractivity contribution >= 4 is 6.09 Å². The summed E-state index contributed by atoms with van der Waals surface area (Å²) in [5, 5.41) is 24.4. The van der Waals surface area contributed by atoms with E-state index in [2.05, 4.69) is 25.2 Å². The second-order valence-corrected chi connectivity index (χ2v) is 7.34. The number of allylic oxidation sites excluding steroid dienone is 2. The van der Waals surface area contributed by atoms with Gasteiger partial charge in [-0.1, -0.05) is 31.4 Å². The minimum atomic E-state index is -0.501. The van der Waals surface area contributed by atoms with E-state index in [9.17, 15) is 15.0 Å². The van der Waals surface area contributed by atoms with Crippen molar-refractivity contribution in [3.63, 3.8) is 0 Å². The third-order valence-corrected chi connectivity index (χ3v) is 5.19. The Labute approximate surface area is 162 Å². The number of aromatic hydroxyl groups is 2. The van der Waals surface area contributed by atoms with Crippen LogP contribution in [0.25, 0.3) is 0 Å². The Kier molecular flexibility index (Phi) is 8.01. The van der Waals surface area contributed by atoms with Crippen molar-refractivity contribution in [3.05, 3.63) is 34.4 Å². The average Bonchev–Trinajstić information content (AvgIpc) is 2.61. The Hall–Kier alpha value is -2.17. The summed E-state index contributed by atoms with van der Waals surface area (Å²) in [6, 6.07) is 1.77. The van der Waals surface area contributed by atoms with Crippen LogP contribution < -0.4 is 5.32 Å². The summed E-state index contributed by atoms with van der Waals surface area (Å²) in [6.45, 7) is 6.47. The average molecular weight is 376 g/mol. The summed E-state index contributed by atoms with van der Waals surface area (Å²) in [4.78, 5) is 11.7. The van der Waals surface area contributed by atoms with Gasteiger partial charge >= 0.3 is 6.09 Å². The maximum atomic E-state index is 11.7. The summed E-state index contributed by atoms with van der Waals surface area (Å²) < 4.78 is 4.94. The van der Waals surface area contributed by atoms with E-state index in [1.165, 1.54) is 5.57 Å². The number of amides is 1. The molecule has 27 heavy (non-hydrogen) atoms. The normalized spacial score (nSPS) is 16.7. The largest absolute Gasteiger partial charge is 0.507 e. The molecule has 0 aromatic heterocycles. The molecule has 1 amide bonds. The fourth-order valence-corrected chi connectivity index (χ4v) is 3.80. The molecule has 2 rings (SSSR count). The molecule has 1 aliphatic carbocycles. The number of alkyl carbamates (subject to hydrolysis) is 1. The molecule has 1 atom stereocenters. The predicted molar refractivity (Wildman–Crippen MR) is 107 cm³/mol. The molecule has 1 aromatic rings. The topological polar surface area (TPSA) is 78.8 Å². The maximum absolute atomic E-state index is 11.7. The number of phenols is 2. The molecule has 3 N–H and O–H groups in total. The number of hydrogen-bond donors (Lipinski definition) is 3. The highest BCUT2D eigenvalue weighted by atomic mass is 16.5. The number of phenolic OH excluding ortho intramolecular Hbond substituents is 2. The quantitative estimate of drug-likeness (QED) is 0.426. The first kappa shape index (κ1) is 21.1. The van der Waals surface area contributed by atoms with E-state index in [1.807, 2.05) is 0 Å². The number of nitrogens with one attached hydrogen (secondary N) is 1. The summed E-state index contributed by atoms with van der Waals surface area (Å²) >= 11 is 0. The highest BCUT2D eigenvalue weighted by Crippen LogP contribution is 2.43. The Bertz CT molecular complexity index is 681. The van der Waals surface area contributed by atoms with Crippen LogP contribution >= 0.6 is 0 Å². The number of rotatable bonds is 8. The van der Waals surface area contributed by atoms with Crippen LogP contribution in [-0.2, 0) is 17.7 Å². The first-order valence-corrected chi connectivity index (χ1v) is 10.1. The summed E-state index contributed by atoms with van der Waals surface area (Å²) in [5.41, 5.74) is 3.43. The van der Waals surface area contributed by atoms with E-state index < -0.39 is 6.09 Å². The van der Waals surface area contributed by atoms with Gasteiger partial charge in [-0.25, -0.2) is 4.79 Å². The standard InChI is InChI=1S/C22H33NO4/c1-4-6-7-10-16-13-19(24)20(17-11-8-9-15(3)12-17)21(25)18(16)14-23-22(26)27-5-2/h12-13,17,24-25H,4-11,14H2,1-3H3,(H,23,26). The highest BCUT2D eigenvalue weighted by Gasteiger charge is 2.25. The smallest absolute Gasteiger partial charge is 0.407 e. The van der Waals surface area contributed by atoms with Crippen LogP contribution in [0.5, 0.6) is 11.5 Å². The van der Waals surface area contributed by atoms with Crippen molar-refractivity contribution in [1.29, 1.82) is 0 Å². The minimum absolute atomic E-state index is 0.00443. The number of ether oxygens (including phenoxy) is 1. The van der Waals surface area contributed by atoms with Crippen LogP contribution in [0.1, 0.15) is 81.9 Å². The fourth-order valence-electron chi connectivity index (χ4n) is 3.80. The molecular formula is C22H33NO4. The van der Waals surface area contributed by atoms with E-state index in [4.69, 9.17) is 4.74 Å². The van der Waals surface area contributed by atoms with Crippen molar-refractivity contribution in [2.24, 2.45) is 0 Å². The van der Waals surface area contributed by atoms with Gasteiger partial charge in [0.1, 0.15) is 11.5 Å². The number of carbonyl (C=O) groups is 1. The van der Waals surface area contributed by atoms with E-state index in [-0.39, 0.29) is 24.0 Å². The SMILES string of the molecule is CCCCCc1cc(O)c(C2C=C(C)CCC2)c(O)c1CNC(=O)OCC. The van der Waals surface area contributed by atoms with Gasteiger partial charge in [0.15, 0.2) is 0 Å². The molecule has 0 saturated heterocycles. The molecule has 0 saturated carbocycles. The summed E-state index contributed by atoms with van der Waals surface area (Å²) in [7, 11) is 0. The van der Waals surface area contributed by atoms with Crippen LogP contribution in [0.4, 0.5) is 4.79 Å². The first-order valence-electron chi connectivity index (χ1n) is 10.1. The van der Waals surface area contributed by atoms with Crippen molar-refractivity contribution in [3.8, 4) is 11.5 Å². The molecule has 0 aliphatic heterocycles. The van der Waals surface area contributed by atoms with Gasteiger partial charge in [0.05, 0.1) is 13.2 Å². The summed E-state index contributed by atoms with van der Waals surface area (Å²) in [6.07, 6.45) is 8.55. The van der Waals surface area contributed by atoms with Gasteiger partial charge in [0.25, 0.3) is 0 Å². The van der Waals surface area contributed by atoms with E-state index in [0.717, 1.165) is 50.5 Å². The maximum Gasteiger partial charge on any atom is 0.407 e. The van der Waals surface area contributed by atoms with E-state index in [0.29, 0.717) is 17.7 Å². The third-order valence-electron chi connectivity index (χ3n) is 5.19. The fraction of sp³-hybridized carbons (Fsp3) is 0.591. The molecule has 5 nitrogen and oxygen atoms in total. The first-order chi connectivity index (χ1) is 13.0. The second-order valence-electron chi connectivity index (χ2n) is 7.34.